The van der Waals surface area contributed by atoms with Gasteiger partial charge in [0.05, 0.1) is 20.1 Å². The fourth-order valence-corrected chi connectivity index (χ4v) is 2.61. The zero-order valence-electron chi connectivity index (χ0n) is 15.2. The van der Waals surface area contributed by atoms with Gasteiger partial charge >= 0.3 is 5.97 Å². The lowest BCUT2D eigenvalue weighted by Gasteiger charge is -2.13. The van der Waals surface area contributed by atoms with Crippen molar-refractivity contribution in [3.05, 3.63) is 65.2 Å². The normalized spacial score (nSPS) is 11.5. The van der Waals surface area contributed by atoms with E-state index in [2.05, 4.69) is 0 Å². The number of ether oxygens (including phenoxy) is 2. The summed E-state index contributed by atoms with van der Waals surface area (Å²) in [4.78, 5) is 37.0. The maximum atomic E-state index is 12.5. The Morgan fingerprint density at radius 2 is 1.27 bits per heavy atom. The van der Waals surface area contributed by atoms with Crippen molar-refractivity contribution in [1.29, 1.82) is 0 Å². The second-order valence-corrected chi connectivity index (χ2v) is 6.07. The van der Waals surface area contributed by atoms with Gasteiger partial charge in [0.1, 0.15) is 5.75 Å². The number of aryl methyl sites for hydroxylation is 1. The van der Waals surface area contributed by atoms with Gasteiger partial charge in [0.25, 0.3) is 0 Å². The van der Waals surface area contributed by atoms with Gasteiger partial charge < -0.3 is 9.47 Å². The molecule has 1 atom stereocenters. The van der Waals surface area contributed by atoms with Crippen molar-refractivity contribution in [3.8, 4) is 5.75 Å². The van der Waals surface area contributed by atoms with E-state index in [-0.39, 0.29) is 24.4 Å². The van der Waals surface area contributed by atoms with Crippen molar-refractivity contribution >= 4 is 17.5 Å². The molecule has 0 heterocycles. The van der Waals surface area contributed by atoms with Crippen LogP contribution in [-0.2, 0) is 9.53 Å². The molecule has 26 heavy (non-hydrogen) atoms. The molecule has 136 valence electrons. The number of Topliss-reactive ketones (excluding diaryl/α,β-unsaturated/α-hetero) is 2. The Balaban J connectivity index is 2.11. The Kier molecular flexibility index (Phi) is 6.67. The van der Waals surface area contributed by atoms with E-state index >= 15 is 0 Å². The fraction of sp³-hybridized carbons (Fsp3) is 0.286. The van der Waals surface area contributed by atoms with Crippen LogP contribution in [-0.4, -0.2) is 31.8 Å². The quantitative estimate of drug-likeness (QED) is 0.535. The molecule has 0 radical (unpaired) electrons. The van der Waals surface area contributed by atoms with Gasteiger partial charge in [0.2, 0.25) is 0 Å². The van der Waals surface area contributed by atoms with E-state index in [1.807, 2.05) is 19.1 Å². The number of hydrogen-bond acceptors (Lipinski definition) is 5. The first kappa shape index (κ1) is 19.4. The van der Waals surface area contributed by atoms with E-state index in [9.17, 15) is 14.4 Å². The maximum absolute atomic E-state index is 12.5. The van der Waals surface area contributed by atoms with Crippen LogP contribution in [0.25, 0.3) is 0 Å². The highest BCUT2D eigenvalue weighted by atomic mass is 16.5. The van der Waals surface area contributed by atoms with Crippen molar-refractivity contribution in [3.63, 3.8) is 0 Å². The molecule has 0 aliphatic heterocycles. The largest absolute Gasteiger partial charge is 0.497 e. The van der Waals surface area contributed by atoms with E-state index in [0.29, 0.717) is 16.9 Å². The average molecular weight is 354 g/mol. The summed E-state index contributed by atoms with van der Waals surface area (Å²) in [6.45, 7) is 1.93. The van der Waals surface area contributed by atoms with Crippen LogP contribution in [0.1, 0.15) is 39.1 Å². The lowest BCUT2D eigenvalue weighted by Crippen LogP contribution is -2.23. The second kappa shape index (κ2) is 8.94. The first-order valence-electron chi connectivity index (χ1n) is 8.29. The van der Waals surface area contributed by atoms with Crippen LogP contribution in [0.5, 0.6) is 5.75 Å². The zero-order valence-corrected chi connectivity index (χ0v) is 15.2. The van der Waals surface area contributed by atoms with Crippen LogP contribution in [0, 0.1) is 12.8 Å². The van der Waals surface area contributed by atoms with Gasteiger partial charge in [-0.3, -0.25) is 14.4 Å². The van der Waals surface area contributed by atoms with Crippen LogP contribution >= 0.6 is 0 Å². The molecule has 0 aliphatic carbocycles. The van der Waals surface area contributed by atoms with E-state index in [4.69, 9.17) is 9.47 Å². The van der Waals surface area contributed by atoms with Crippen molar-refractivity contribution in [2.45, 2.75) is 19.8 Å². The Hall–Kier alpha value is -2.95. The summed E-state index contributed by atoms with van der Waals surface area (Å²) in [6, 6.07) is 13.7. The monoisotopic (exact) mass is 354 g/mol. The molecule has 0 N–H and O–H groups in total. The molecule has 5 heteroatoms. The summed E-state index contributed by atoms with van der Waals surface area (Å²) in [6.07, 6.45) is -0.158. The number of benzene rings is 2. The summed E-state index contributed by atoms with van der Waals surface area (Å²) in [7, 11) is 2.80. The molecule has 1 unspecified atom stereocenters. The Bertz CT molecular complexity index is 775. The predicted octanol–water partition coefficient (Wildman–Crippen LogP) is 3.64. The molecule has 0 saturated heterocycles. The third-order valence-electron chi connectivity index (χ3n) is 4.18. The Morgan fingerprint density at radius 3 is 1.69 bits per heavy atom. The third-order valence-corrected chi connectivity index (χ3v) is 4.18. The van der Waals surface area contributed by atoms with E-state index in [0.717, 1.165) is 5.56 Å². The first-order chi connectivity index (χ1) is 12.4. The Labute approximate surface area is 152 Å². The number of carbonyl (C=O) groups is 3. The summed E-state index contributed by atoms with van der Waals surface area (Å²) in [5.41, 5.74) is 2.02. The molecule has 0 aliphatic rings. The number of hydrogen-bond donors (Lipinski definition) is 0. The molecule has 0 spiro atoms. The minimum absolute atomic E-state index is 0.0718. The van der Waals surface area contributed by atoms with E-state index in [1.165, 1.54) is 7.11 Å². The van der Waals surface area contributed by atoms with Gasteiger partial charge in [-0.1, -0.05) is 29.8 Å². The topological polar surface area (TPSA) is 69.7 Å². The summed E-state index contributed by atoms with van der Waals surface area (Å²) in [5, 5.41) is 0. The van der Waals surface area contributed by atoms with Gasteiger partial charge in [-0.25, -0.2) is 0 Å². The minimum Gasteiger partial charge on any atom is -0.497 e. The van der Waals surface area contributed by atoms with Crippen molar-refractivity contribution in [2.24, 2.45) is 5.92 Å². The van der Waals surface area contributed by atoms with Crippen LogP contribution < -0.4 is 4.74 Å². The number of methoxy groups -OCH3 is 2. The molecule has 0 bridgehead atoms. The summed E-state index contributed by atoms with van der Waals surface area (Å²) in [5.74, 6) is -1.15. The molecule has 2 aromatic rings. The standard InChI is InChI=1S/C21H22O5/c1-14-4-6-15(7-5-14)19(22)12-17(21(24)26-3)13-20(23)16-8-10-18(25-2)11-9-16/h4-11,17H,12-13H2,1-3H3. The number of esters is 1. The molecular formula is C21H22O5. The van der Waals surface area contributed by atoms with Crippen LogP contribution in [0.2, 0.25) is 0 Å². The van der Waals surface area contributed by atoms with Crippen LogP contribution in [0.15, 0.2) is 48.5 Å². The van der Waals surface area contributed by atoms with Crippen molar-refractivity contribution in [1.82, 2.24) is 0 Å². The maximum Gasteiger partial charge on any atom is 0.309 e. The van der Waals surface area contributed by atoms with E-state index in [1.54, 1.807) is 43.5 Å². The van der Waals surface area contributed by atoms with Crippen LogP contribution in [0.4, 0.5) is 0 Å². The molecular weight excluding hydrogens is 332 g/mol. The average Bonchev–Trinajstić information content (AvgIpc) is 2.67. The zero-order chi connectivity index (χ0) is 19.1. The van der Waals surface area contributed by atoms with Gasteiger partial charge in [-0.2, -0.15) is 0 Å². The smallest absolute Gasteiger partial charge is 0.309 e. The number of ketones is 2. The van der Waals surface area contributed by atoms with Crippen molar-refractivity contribution < 1.29 is 23.9 Å². The highest BCUT2D eigenvalue weighted by molar-refractivity contribution is 6.01. The van der Waals surface area contributed by atoms with Gasteiger partial charge in [0, 0.05) is 24.0 Å². The van der Waals surface area contributed by atoms with Crippen LogP contribution in [0.3, 0.4) is 0 Å². The second-order valence-electron chi connectivity index (χ2n) is 6.07. The van der Waals surface area contributed by atoms with Crippen molar-refractivity contribution in [2.75, 3.05) is 14.2 Å². The number of carbonyl (C=O) groups excluding carboxylic acids is 3. The number of rotatable bonds is 8. The predicted molar refractivity (Wildman–Crippen MR) is 97.6 cm³/mol. The highest BCUT2D eigenvalue weighted by Crippen LogP contribution is 2.20. The van der Waals surface area contributed by atoms with Gasteiger partial charge in [0.15, 0.2) is 11.6 Å². The molecule has 2 rings (SSSR count). The molecule has 0 amide bonds. The van der Waals surface area contributed by atoms with E-state index < -0.39 is 11.9 Å². The first-order valence-corrected chi connectivity index (χ1v) is 8.29. The SMILES string of the molecule is COC(=O)C(CC(=O)c1ccc(C)cc1)CC(=O)c1ccc(OC)cc1. The molecule has 0 fully saturated rings. The highest BCUT2D eigenvalue weighted by Gasteiger charge is 2.26. The molecule has 2 aromatic carbocycles. The molecule has 0 saturated carbocycles. The summed E-state index contributed by atoms with van der Waals surface area (Å²) < 4.78 is 9.84. The van der Waals surface area contributed by atoms with Gasteiger partial charge in [-0.05, 0) is 31.2 Å². The lowest BCUT2D eigenvalue weighted by atomic mass is 9.91. The molecule has 0 aromatic heterocycles. The Morgan fingerprint density at radius 1 is 0.808 bits per heavy atom. The lowest BCUT2D eigenvalue weighted by molar-refractivity contribution is -0.145. The minimum atomic E-state index is -0.816. The molecule has 5 nitrogen and oxygen atoms in total. The fourth-order valence-electron chi connectivity index (χ4n) is 2.61. The third kappa shape index (κ3) is 5.02. The van der Waals surface area contributed by atoms with Gasteiger partial charge in [-0.15, -0.1) is 0 Å². The summed E-state index contributed by atoms with van der Waals surface area (Å²) >= 11 is 0.